The van der Waals surface area contributed by atoms with Crippen LogP contribution in [0.2, 0.25) is 0 Å². The molecule has 2 atom stereocenters. The lowest BCUT2D eigenvalue weighted by Gasteiger charge is -2.15. The number of carbonyl (C=O) groups excluding carboxylic acids is 1. The van der Waals surface area contributed by atoms with Crippen molar-refractivity contribution < 1.29 is 19.4 Å². The maximum absolute atomic E-state index is 11.7. The third kappa shape index (κ3) is 1.47. The van der Waals surface area contributed by atoms with Gasteiger partial charge in [0.05, 0.1) is 0 Å². The summed E-state index contributed by atoms with van der Waals surface area (Å²) in [6.07, 6.45) is -1.49. The molecule has 96 valence electrons. The molecule has 0 aliphatic heterocycles. The van der Waals surface area contributed by atoms with E-state index in [-0.39, 0.29) is 5.92 Å². The minimum absolute atomic E-state index is 0.347. The van der Waals surface area contributed by atoms with Gasteiger partial charge in [0, 0.05) is 11.3 Å². The molecule has 2 unspecified atom stereocenters. The maximum atomic E-state index is 11.7. The van der Waals surface area contributed by atoms with Gasteiger partial charge in [-0.25, -0.2) is 4.79 Å². The highest BCUT2D eigenvalue weighted by Gasteiger charge is 2.79. The number of hydrogen-bond acceptors (Lipinski definition) is 3. The Balaban J connectivity index is 2.44. The van der Waals surface area contributed by atoms with E-state index < -0.39 is 23.1 Å². The van der Waals surface area contributed by atoms with Crippen LogP contribution in [0.3, 0.4) is 0 Å². The first-order valence-electron chi connectivity index (χ1n) is 5.61. The zero-order valence-corrected chi connectivity index (χ0v) is 10.2. The van der Waals surface area contributed by atoms with Gasteiger partial charge in [-0.15, -0.1) is 0 Å². The molecule has 0 heterocycles. The quantitative estimate of drug-likeness (QED) is 0.798. The monoisotopic (exact) mass is 249 g/mol. The zero-order chi connectivity index (χ0) is 13.6. The van der Waals surface area contributed by atoms with Gasteiger partial charge in [-0.1, -0.05) is 44.2 Å². The summed E-state index contributed by atoms with van der Waals surface area (Å²) < 4.78 is 4.83. The Morgan fingerprint density at radius 1 is 1.28 bits per heavy atom. The molecule has 3 N–H and O–H groups in total. The third-order valence-electron chi connectivity index (χ3n) is 3.75. The highest BCUT2D eigenvalue weighted by molar-refractivity contribution is 5.93. The van der Waals surface area contributed by atoms with Crippen LogP contribution >= 0.6 is 0 Å². The second-order valence-electron chi connectivity index (χ2n) is 5.03. The molecule has 1 fully saturated rings. The van der Waals surface area contributed by atoms with Crippen LogP contribution in [0.5, 0.6) is 0 Å². The summed E-state index contributed by atoms with van der Waals surface area (Å²) in [7, 11) is 0. The average molecular weight is 249 g/mol. The summed E-state index contributed by atoms with van der Waals surface area (Å²) in [5, 5.41) is 8.80. The minimum atomic E-state index is -1.49. The van der Waals surface area contributed by atoms with Gasteiger partial charge in [-0.05, 0) is 5.56 Å². The first kappa shape index (κ1) is 12.4. The molecule has 1 aromatic carbocycles. The summed E-state index contributed by atoms with van der Waals surface area (Å²) in [6, 6.07) is 9.18. The minimum Gasteiger partial charge on any atom is -0.450 e. The number of nitrogens with two attached hydrogens (primary N) is 1. The van der Waals surface area contributed by atoms with Crippen LogP contribution in [-0.4, -0.2) is 22.8 Å². The fraction of sp³-hybridized carbons (Fsp3) is 0.385. The number of carbonyl (C=O) groups is 2. The fourth-order valence-electron chi connectivity index (χ4n) is 2.86. The molecule has 0 spiro atoms. The van der Waals surface area contributed by atoms with Crippen LogP contribution in [0.1, 0.15) is 25.3 Å². The normalized spacial score (nSPS) is 28.4. The molecule has 2 rings (SSSR count). The van der Waals surface area contributed by atoms with Crippen LogP contribution < -0.4 is 5.73 Å². The van der Waals surface area contributed by atoms with Crippen molar-refractivity contribution in [3.8, 4) is 0 Å². The van der Waals surface area contributed by atoms with E-state index in [1.165, 1.54) is 0 Å². The Hall–Kier alpha value is -2.04. The number of amides is 1. The largest absolute Gasteiger partial charge is 0.506 e. The lowest BCUT2D eigenvalue weighted by Crippen LogP contribution is -2.39. The lowest BCUT2D eigenvalue weighted by atomic mass is 10.0. The molecule has 5 nitrogen and oxygen atoms in total. The molecular weight excluding hydrogens is 234 g/mol. The van der Waals surface area contributed by atoms with E-state index in [0.29, 0.717) is 0 Å². The molecule has 18 heavy (non-hydrogen) atoms. The van der Waals surface area contributed by atoms with Gasteiger partial charge in [-0.3, -0.25) is 4.79 Å². The van der Waals surface area contributed by atoms with Gasteiger partial charge in [0.1, 0.15) is 0 Å². The van der Waals surface area contributed by atoms with Gasteiger partial charge in [0.25, 0.3) is 5.91 Å². The van der Waals surface area contributed by atoms with E-state index in [2.05, 4.69) is 0 Å². The predicted molar refractivity (Wildman–Crippen MR) is 64.0 cm³/mol. The van der Waals surface area contributed by atoms with Crippen LogP contribution in [0.4, 0.5) is 4.79 Å². The number of hydrogen-bond donors (Lipinski definition) is 2. The van der Waals surface area contributed by atoms with E-state index in [4.69, 9.17) is 15.6 Å². The highest BCUT2D eigenvalue weighted by atomic mass is 16.7. The molecule has 1 saturated carbocycles. The topological polar surface area (TPSA) is 89.6 Å². The Bertz CT molecular complexity index is 497. The van der Waals surface area contributed by atoms with Gasteiger partial charge in [0.2, 0.25) is 5.60 Å². The summed E-state index contributed by atoms with van der Waals surface area (Å²) in [4.78, 5) is 22.4. The summed E-state index contributed by atoms with van der Waals surface area (Å²) >= 11 is 0. The SMILES string of the molecule is CC1(C)C(c2ccccc2)C1(OC(=O)O)C(N)=O. The van der Waals surface area contributed by atoms with Gasteiger partial charge >= 0.3 is 6.16 Å². The second-order valence-corrected chi connectivity index (χ2v) is 5.03. The molecule has 1 aliphatic carbocycles. The Labute approximate surface area is 105 Å². The Kier molecular flexibility index (Phi) is 2.57. The number of carboxylic acid groups (broad SMARTS) is 1. The maximum Gasteiger partial charge on any atom is 0.506 e. The predicted octanol–water partition coefficient (Wildman–Crippen LogP) is 1.73. The van der Waals surface area contributed by atoms with Crippen molar-refractivity contribution in [2.75, 3.05) is 0 Å². The van der Waals surface area contributed by atoms with Crippen molar-refractivity contribution in [3.63, 3.8) is 0 Å². The number of benzene rings is 1. The van der Waals surface area contributed by atoms with Crippen LogP contribution in [-0.2, 0) is 9.53 Å². The smallest absolute Gasteiger partial charge is 0.450 e. The molecule has 0 radical (unpaired) electrons. The first-order chi connectivity index (χ1) is 8.34. The van der Waals surface area contributed by atoms with Crippen LogP contribution in [0, 0.1) is 5.41 Å². The van der Waals surface area contributed by atoms with Crippen molar-refractivity contribution in [1.82, 2.24) is 0 Å². The van der Waals surface area contributed by atoms with Crippen molar-refractivity contribution in [2.24, 2.45) is 11.1 Å². The highest BCUT2D eigenvalue weighted by Crippen LogP contribution is 2.69. The van der Waals surface area contributed by atoms with Crippen molar-refractivity contribution in [2.45, 2.75) is 25.4 Å². The number of primary amides is 1. The van der Waals surface area contributed by atoms with E-state index in [1.807, 2.05) is 30.3 Å². The number of rotatable bonds is 3. The lowest BCUT2D eigenvalue weighted by molar-refractivity contribution is -0.132. The molecule has 5 heteroatoms. The Morgan fingerprint density at radius 3 is 2.28 bits per heavy atom. The third-order valence-corrected chi connectivity index (χ3v) is 3.75. The molecule has 1 aromatic rings. The van der Waals surface area contributed by atoms with E-state index in [9.17, 15) is 9.59 Å². The Morgan fingerprint density at radius 2 is 1.83 bits per heavy atom. The average Bonchev–Trinajstić information content (AvgIpc) is 2.76. The van der Waals surface area contributed by atoms with E-state index in [0.717, 1.165) is 5.56 Å². The van der Waals surface area contributed by atoms with Crippen molar-refractivity contribution in [1.29, 1.82) is 0 Å². The van der Waals surface area contributed by atoms with Crippen LogP contribution in [0.15, 0.2) is 30.3 Å². The second kappa shape index (κ2) is 3.73. The standard InChI is InChI=1S/C13H15NO4/c1-12(2)9(8-6-4-3-5-7-8)13(12,10(14)15)18-11(16)17/h3-7,9H,1-2H3,(H2,14,15)(H,16,17). The zero-order valence-electron chi connectivity index (χ0n) is 10.2. The van der Waals surface area contributed by atoms with Gasteiger partial charge in [-0.2, -0.15) is 0 Å². The molecule has 0 saturated heterocycles. The summed E-state index contributed by atoms with van der Waals surface area (Å²) in [6.45, 7) is 3.55. The van der Waals surface area contributed by atoms with Crippen molar-refractivity contribution >= 4 is 12.1 Å². The van der Waals surface area contributed by atoms with E-state index >= 15 is 0 Å². The van der Waals surface area contributed by atoms with E-state index in [1.54, 1.807) is 13.8 Å². The van der Waals surface area contributed by atoms with Gasteiger partial charge < -0.3 is 15.6 Å². The van der Waals surface area contributed by atoms with Crippen LogP contribution in [0.25, 0.3) is 0 Å². The van der Waals surface area contributed by atoms with Crippen molar-refractivity contribution in [3.05, 3.63) is 35.9 Å². The summed E-state index contributed by atoms with van der Waals surface area (Å²) in [5.41, 5.74) is 4.09. The molecular formula is C13H15NO4. The molecule has 0 bridgehead atoms. The summed E-state index contributed by atoms with van der Waals surface area (Å²) in [5.74, 6) is -1.09. The first-order valence-corrected chi connectivity index (χ1v) is 5.61. The molecule has 1 amide bonds. The number of ether oxygens (including phenoxy) is 1. The molecule has 0 aromatic heterocycles. The molecule has 1 aliphatic rings. The van der Waals surface area contributed by atoms with Gasteiger partial charge in [0.15, 0.2) is 0 Å². The fourth-order valence-corrected chi connectivity index (χ4v) is 2.86.